The molecule has 2 saturated carbocycles. The fourth-order valence-corrected chi connectivity index (χ4v) is 5.24. The Labute approximate surface area is 219 Å². The predicted molar refractivity (Wildman–Crippen MR) is 139 cm³/mol. The highest BCUT2D eigenvalue weighted by molar-refractivity contribution is 6.31. The van der Waals surface area contributed by atoms with E-state index in [2.05, 4.69) is 10.2 Å². The number of rotatable bonds is 8. The first-order valence-corrected chi connectivity index (χ1v) is 13.3. The summed E-state index contributed by atoms with van der Waals surface area (Å²) in [6.07, 6.45) is 3.49. The maximum Gasteiger partial charge on any atom is 0.416 e. The summed E-state index contributed by atoms with van der Waals surface area (Å²) >= 11 is 6.28. The van der Waals surface area contributed by atoms with Crippen molar-refractivity contribution < 1.29 is 18.0 Å². The summed E-state index contributed by atoms with van der Waals surface area (Å²) in [5.41, 5.74) is 0.513. The Balaban J connectivity index is 1.34. The van der Waals surface area contributed by atoms with E-state index in [1.54, 1.807) is 6.07 Å². The molecule has 0 spiro atoms. The van der Waals surface area contributed by atoms with Crippen molar-refractivity contribution in [2.24, 2.45) is 0 Å². The van der Waals surface area contributed by atoms with Gasteiger partial charge in [-0.3, -0.25) is 4.79 Å². The quantitative estimate of drug-likeness (QED) is 0.340. The molecule has 196 valence electrons. The van der Waals surface area contributed by atoms with Gasteiger partial charge in [0.05, 0.1) is 11.1 Å². The molecule has 2 aliphatic rings. The number of halogens is 4. The van der Waals surface area contributed by atoms with Gasteiger partial charge in [-0.05, 0) is 61.6 Å². The summed E-state index contributed by atoms with van der Waals surface area (Å²) in [6.45, 7) is 0.519. The summed E-state index contributed by atoms with van der Waals surface area (Å²) in [7, 11) is 0. The van der Waals surface area contributed by atoms with Gasteiger partial charge < -0.3 is 10.2 Å². The van der Waals surface area contributed by atoms with Gasteiger partial charge in [0.1, 0.15) is 11.6 Å². The summed E-state index contributed by atoms with van der Waals surface area (Å²) < 4.78 is 39.1. The molecule has 0 atom stereocenters. The Morgan fingerprint density at radius 1 is 1.03 bits per heavy atom. The number of nitrogens with zero attached hydrogens (tertiary/aromatic N) is 3. The molecule has 0 bridgehead atoms. The monoisotopic (exact) mass is 530 g/mol. The van der Waals surface area contributed by atoms with Crippen LogP contribution in [-0.4, -0.2) is 28.5 Å². The van der Waals surface area contributed by atoms with Gasteiger partial charge in [0.15, 0.2) is 0 Å². The van der Waals surface area contributed by atoms with Crippen molar-refractivity contribution in [2.45, 2.75) is 76.0 Å². The molecule has 2 aliphatic carbocycles. The van der Waals surface area contributed by atoms with Crippen molar-refractivity contribution >= 4 is 34.2 Å². The molecule has 1 amide bonds. The Hall–Kier alpha value is -2.87. The van der Waals surface area contributed by atoms with Crippen LogP contribution < -0.4 is 10.2 Å². The number of anilines is 1. The van der Waals surface area contributed by atoms with Crippen LogP contribution in [-0.2, 0) is 17.5 Å². The molecule has 1 N–H and O–H groups in total. The van der Waals surface area contributed by atoms with E-state index < -0.39 is 11.7 Å². The molecule has 1 heterocycles. The van der Waals surface area contributed by atoms with Crippen molar-refractivity contribution in [1.82, 2.24) is 15.3 Å². The third kappa shape index (κ3) is 6.35. The lowest BCUT2D eigenvalue weighted by Gasteiger charge is -2.36. The van der Waals surface area contributed by atoms with E-state index >= 15 is 0 Å². The van der Waals surface area contributed by atoms with Crippen LogP contribution in [0.5, 0.6) is 0 Å². The first-order chi connectivity index (χ1) is 17.8. The Morgan fingerprint density at radius 2 is 1.81 bits per heavy atom. The topological polar surface area (TPSA) is 58.1 Å². The second-order valence-electron chi connectivity index (χ2n) is 10.1. The number of hydrogen-bond donors (Lipinski definition) is 1. The molecule has 0 saturated heterocycles. The molecular weight excluding hydrogens is 501 g/mol. The van der Waals surface area contributed by atoms with Crippen LogP contribution in [0.4, 0.5) is 19.0 Å². The largest absolute Gasteiger partial charge is 0.416 e. The zero-order valence-corrected chi connectivity index (χ0v) is 21.3. The average molecular weight is 531 g/mol. The van der Waals surface area contributed by atoms with Gasteiger partial charge in [-0.15, -0.1) is 0 Å². The van der Waals surface area contributed by atoms with E-state index in [1.807, 2.05) is 18.2 Å². The van der Waals surface area contributed by atoms with E-state index in [1.165, 1.54) is 12.5 Å². The summed E-state index contributed by atoms with van der Waals surface area (Å²) in [5, 5.41) is 4.33. The number of nitrogens with one attached hydrogen (secondary N) is 1. The van der Waals surface area contributed by atoms with Gasteiger partial charge in [-0.25, -0.2) is 9.97 Å². The van der Waals surface area contributed by atoms with Crippen molar-refractivity contribution in [3.05, 3.63) is 64.4 Å². The highest BCUT2D eigenvalue weighted by Gasteiger charge is 2.31. The Bertz CT molecular complexity index is 1270. The number of amides is 1. The number of carbonyl (C=O) groups excluding carboxylic acids is 1. The van der Waals surface area contributed by atoms with E-state index in [0.717, 1.165) is 73.2 Å². The minimum absolute atomic E-state index is 0.0486. The first kappa shape index (κ1) is 25.8. The highest BCUT2D eigenvalue weighted by atomic mass is 35.5. The van der Waals surface area contributed by atoms with E-state index in [0.29, 0.717) is 23.0 Å². The van der Waals surface area contributed by atoms with Crippen LogP contribution in [0, 0.1) is 0 Å². The maximum atomic E-state index is 13.0. The highest BCUT2D eigenvalue weighted by Crippen LogP contribution is 2.41. The van der Waals surface area contributed by atoms with Crippen LogP contribution in [0.1, 0.15) is 74.2 Å². The molecule has 0 radical (unpaired) electrons. The molecule has 1 aromatic heterocycles. The summed E-state index contributed by atoms with van der Waals surface area (Å²) in [5.74, 6) is 1.84. The normalized spacial score (nSPS) is 16.6. The number of aromatic nitrogens is 2. The van der Waals surface area contributed by atoms with Gasteiger partial charge in [0.2, 0.25) is 5.91 Å². The Kier molecular flexibility index (Phi) is 7.56. The number of alkyl halides is 3. The fourth-order valence-electron chi connectivity index (χ4n) is 5.07. The molecule has 9 heteroatoms. The Morgan fingerprint density at radius 3 is 2.54 bits per heavy atom. The standard InChI is InChI=1S/C28H30ClF3N4O/c29-21-11-12-23-24(16-21)34-26(19-9-10-19)35-27(23)36(22-7-2-1-3-8-22)14-13-25(37)33-17-18-5-4-6-20(15-18)28(30,31)32/h4-6,11-12,15-16,19,22H,1-3,7-10,13-14,17H2,(H,33,37). The van der Waals surface area contributed by atoms with Gasteiger partial charge in [0, 0.05) is 41.9 Å². The summed E-state index contributed by atoms with van der Waals surface area (Å²) in [4.78, 5) is 24.8. The van der Waals surface area contributed by atoms with Crippen LogP contribution in [0.25, 0.3) is 10.9 Å². The summed E-state index contributed by atoms with van der Waals surface area (Å²) in [6, 6.07) is 11.0. The second kappa shape index (κ2) is 10.9. The second-order valence-corrected chi connectivity index (χ2v) is 10.5. The van der Waals surface area contributed by atoms with Crippen molar-refractivity contribution in [1.29, 1.82) is 0 Å². The molecule has 2 fully saturated rings. The average Bonchev–Trinajstić information content (AvgIpc) is 3.73. The predicted octanol–water partition coefficient (Wildman–Crippen LogP) is 7.03. The lowest BCUT2D eigenvalue weighted by atomic mass is 9.93. The van der Waals surface area contributed by atoms with E-state index in [4.69, 9.17) is 21.6 Å². The lowest BCUT2D eigenvalue weighted by molar-refractivity contribution is -0.137. The SMILES string of the molecule is O=C(CCN(c1nc(C2CC2)nc2cc(Cl)ccc12)C1CCCCC1)NCc1cccc(C(F)(F)F)c1. The smallest absolute Gasteiger partial charge is 0.352 e. The number of benzene rings is 2. The minimum Gasteiger partial charge on any atom is -0.352 e. The minimum atomic E-state index is -4.41. The zero-order chi connectivity index (χ0) is 26.0. The first-order valence-electron chi connectivity index (χ1n) is 12.9. The maximum absolute atomic E-state index is 13.0. The van der Waals surface area contributed by atoms with Crippen molar-refractivity contribution in [3.63, 3.8) is 0 Å². The lowest BCUT2D eigenvalue weighted by Crippen LogP contribution is -2.40. The third-order valence-corrected chi connectivity index (χ3v) is 7.45. The molecule has 0 aliphatic heterocycles. The van der Waals surface area contributed by atoms with Crippen LogP contribution in [0.3, 0.4) is 0 Å². The molecular formula is C28H30ClF3N4O. The van der Waals surface area contributed by atoms with Gasteiger partial charge in [-0.2, -0.15) is 13.2 Å². The number of fused-ring (bicyclic) bond motifs is 1. The molecule has 5 nitrogen and oxygen atoms in total. The van der Waals surface area contributed by atoms with Crippen LogP contribution >= 0.6 is 11.6 Å². The molecule has 37 heavy (non-hydrogen) atoms. The van der Waals surface area contributed by atoms with E-state index in [9.17, 15) is 18.0 Å². The fraction of sp³-hybridized carbons (Fsp3) is 0.464. The third-order valence-electron chi connectivity index (χ3n) is 7.21. The van der Waals surface area contributed by atoms with Gasteiger partial charge in [0.25, 0.3) is 0 Å². The molecule has 2 aromatic carbocycles. The van der Waals surface area contributed by atoms with Crippen molar-refractivity contribution in [3.8, 4) is 0 Å². The van der Waals surface area contributed by atoms with Gasteiger partial charge in [-0.1, -0.05) is 43.0 Å². The number of hydrogen-bond acceptors (Lipinski definition) is 4. The number of carbonyl (C=O) groups is 1. The molecule has 0 unspecified atom stereocenters. The van der Waals surface area contributed by atoms with Crippen LogP contribution in [0.2, 0.25) is 5.02 Å². The molecule has 3 aromatic rings. The molecule has 5 rings (SSSR count). The zero-order valence-electron chi connectivity index (χ0n) is 20.5. The van der Waals surface area contributed by atoms with Crippen LogP contribution in [0.15, 0.2) is 42.5 Å². The van der Waals surface area contributed by atoms with Gasteiger partial charge >= 0.3 is 6.18 Å². The van der Waals surface area contributed by atoms with E-state index in [-0.39, 0.29) is 24.9 Å². The van der Waals surface area contributed by atoms with Crippen molar-refractivity contribution in [2.75, 3.05) is 11.4 Å².